The molecule has 2 aliphatic carbocycles. The van der Waals surface area contributed by atoms with Gasteiger partial charge in [0.05, 0.1) is 0 Å². The number of rotatable bonds is 6. The first-order chi connectivity index (χ1) is 27.5. The van der Waals surface area contributed by atoms with Crippen LogP contribution in [0.1, 0.15) is 81.3 Å². The quantitative estimate of drug-likeness (QED) is 0.157. The second-order valence-electron chi connectivity index (χ2n) is 17.8. The van der Waals surface area contributed by atoms with Crippen LogP contribution in [-0.2, 0) is 38.5 Å². The minimum absolute atomic E-state index is 0.0340. The number of benzene rings is 7. The number of hydrogen-bond acceptors (Lipinski definition) is 0. The van der Waals surface area contributed by atoms with Crippen LogP contribution in [0.2, 0.25) is 5.02 Å². The van der Waals surface area contributed by atoms with E-state index in [2.05, 4.69) is 205 Å². The summed E-state index contributed by atoms with van der Waals surface area (Å²) in [4.78, 5) is 0. The van der Waals surface area contributed by atoms with Crippen molar-refractivity contribution in [3.05, 3.63) is 206 Å². The van der Waals surface area contributed by atoms with Crippen LogP contribution in [0.25, 0.3) is 44.2 Å². The van der Waals surface area contributed by atoms with Crippen molar-refractivity contribution in [2.45, 2.75) is 65.2 Å². The zero-order valence-electron chi connectivity index (χ0n) is 33.9. The number of allylic oxidation sites excluding steroid dienone is 4. The van der Waals surface area contributed by atoms with Crippen LogP contribution in [0, 0.1) is 0 Å². The first kappa shape index (κ1) is 37.9. The molecule has 0 amide bonds. The number of halogens is 1. The fourth-order valence-corrected chi connectivity index (χ4v) is 17.9. The van der Waals surface area contributed by atoms with Crippen LogP contribution in [0.3, 0.4) is 0 Å². The van der Waals surface area contributed by atoms with Crippen molar-refractivity contribution in [3.63, 3.8) is 0 Å². The van der Waals surface area contributed by atoms with E-state index in [9.17, 15) is 0 Å². The van der Waals surface area contributed by atoms with Crippen molar-refractivity contribution >= 4 is 28.9 Å². The molecule has 0 unspecified atom stereocenters. The number of fused-ring (bicyclic) bond motifs is 4. The van der Waals surface area contributed by atoms with Crippen molar-refractivity contribution in [2.24, 2.45) is 0 Å². The molecule has 0 aromatic heterocycles. The van der Waals surface area contributed by atoms with Gasteiger partial charge in [-0.2, -0.15) is 0 Å². The first-order valence-electron chi connectivity index (χ1n) is 20.3. The molecule has 280 valence electrons. The summed E-state index contributed by atoms with van der Waals surface area (Å²) in [6.07, 6.45) is 9.07. The van der Waals surface area contributed by atoms with Crippen molar-refractivity contribution in [1.29, 1.82) is 0 Å². The third-order valence-electron chi connectivity index (χ3n) is 11.9. The zero-order valence-corrected chi connectivity index (χ0v) is 37.1. The predicted molar refractivity (Wildman–Crippen MR) is 243 cm³/mol. The van der Waals surface area contributed by atoms with E-state index in [-0.39, 0.29) is 10.8 Å². The van der Waals surface area contributed by atoms with Crippen LogP contribution in [0.4, 0.5) is 0 Å². The third-order valence-corrected chi connectivity index (χ3v) is 19.8. The summed E-state index contributed by atoms with van der Waals surface area (Å²) in [5.41, 5.74) is 16.5. The average Bonchev–Trinajstić information content (AvgIpc) is 3.88. The van der Waals surface area contributed by atoms with E-state index < -0.39 is 21.3 Å². The molecule has 2 heteroatoms. The Kier molecular flexibility index (Phi) is 9.92. The molecule has 0 fully saturated rings. The monoisotopic (exact) mass is 834 g/mol. The van der Waals surface area contributed by atoms with Gasteiger partial charge >= 0.3 is 354 Å². The molecule has 0 atom stereocenters. The molecule has 0 nitrogen and oxygen atoms in total. The molecule has 2 aliphatic rings. The van der Waals surface area contributed by atoms with Gasteiger partial charge < -0.3 is 0 Å². The second-order valence-corrected chi connectivity index (χ2v) is 24.1. The van der Waals surface area contributed by atoms with Gasteiger partial charge in [0.2, 0.25) is 0 Å². The van der Waals surface area contributed by atoms with Crippen molar-refractivity contribution < 1.29 is 21.3 Å². The summed E-state index contributed by atoms with van der Waals surface area (Å²) < 4.78 is 4.74. The van der Waals surface area contributed by atoms with E-state index in [1.54, 1.807) is 6.55 Å². The Morgan fingerprint density at radius 1 is 0.596 bits per heavy atom. The van der Waals surface area contributed by atoms with E-state index in [0.29, 0.717) is 0 Å². The molecule has 0 N–H and O–H groups in total. The molecule has 57 heavy (non-hydrogen) atoms. The summed E-state index contributed by atoms with van der Waals surface area (Å²) in [6, 6.07) is 54.7. The van der Waals surface area contributed by atoms with E-state index >= 15 is 0 Å². The van der Waals surface area contributed by atoms with Crippen molar-refractivity contribution in [1.82, 2.24) is 0 Å². The Bertz CT molecular complexity index is 2760. The summed E-state index contributed by atoms with van der Waals surface area (Å²) >= 11 is 3.48. The summed E-state index contributed by atoms with van der Waals surface area (Å²) in [7, 11) is 0. The molecule has 0 heterocycles. The maximum atomic E-state index is 6.67. The van der Waals surface area contributed by atoms with Gasteiger partial charge in [-0.05, 0) is 0 Å². The van der Waals surface area contributed by atoms with Crippen LogP contribution >= 0.6 is 11.6 Å². The average molecular weight is 837 g/mol. The topological polar surface area (TPSA) is 0 Å². The SMILES string of the molecule is CC(C)(C)c1cc2c(cc1-c1ccccc1)Cc1c-2cc(C(C)(C)C)c(-c2ccccc2)[c]1/[Zr]([C]1=CC=CC1)=[C](\c1ccc(Cl)cc1)c1cccc2ccccc12. The Balaban J connectivity index is 1.48. The maximum absolute atomic E-state index is 6.67. The molecule has 0 spiro atoms. The Labute approximate surface area is 351 Å². The Hall–Kier alpha value is -4.68. The molecule has 0 bridgehead atoms. The van der Waals surface area contributed by atoms with Gasteiger partial charge in [0.25, 0.3) is 0 Å². The van der Waals surface area contributed by atoms with Crippen LogP contribution < -0.4 is 3.27 Å². The molecule has 0 saturated heterocycles. The van der Waals surface area contributed by atoms with E-state index in [1.165, 1.54) is 80.7 Å². The van der Waals surface area contributed by atoms with Gasteiger partial charge in [0.1, 0.15) is 0 Å². The van der Waals surface area contributed by atoms with Gasteiger partial charge in [0.15, 0.2) is 0 Å². The fourth-order valence-electron chi connectivity index (χ4n) is 9.20. The van der Waals surface area contributed by atoms with Crippen LogP contribution in [0.5, 0.6) is 0 Å². The summed E-state index contributed by atoms with van der Waals surface area (Å²) in [5, 5.41) is 3.35. The summed E-state index contributed by atoms with van der Waals surface area (Å²) in [5.74, 6) is 0. The normalized spacial score (nSPS) is 14.1. The molecule has 9 rings (SSSR count). The molecule has 0 saturated carbocycles. The van der Waals surface area contributed by atoms with Gasteiger partial charge in [0, 0.05) is 0 Å². The molecule has 0 radical (unpaired) electrons. The van der Waals surface area contributed by atoms with E-state index in [0.717, 1.165) is 17.9 Å². The van der Waals surface area contributed by atoms with Crippen LogP contribution in [-0.4, -0.2) is 3.21 Å². The zero-order chi connectivity index (χ0) is 39.5. The van der Waals surface area contributed by atoms with E-state index in [4.69, 9.17) is 11.6 Å². The Morgan fingerprint density at radius 3 is 1.89 bits per heavy atom. The van der Waals surface area contributed by atoms with Gasteiger partial charge in [-0.3, -0.25) is 0 Å². The van der Waals surface area contributed by atoms with E-state index in [1.807, 2.05) is 0 Å². The van der Waals surface area contributed by atoms with Gasteiger partial charge in [-0.15, -0.1) is 0 Å². The minimum atomic E-state index is -3.19. The van der Waals surface area contributed by atoms with Crippen molar-refractivity contribution in [2.75, 3.05) is 0 Å². The Morgan fingerprint density at radius 2 is 1.23 bits per heavy atom. The molecular weight excluding hydrogens is 787 g/mol. The first-order valence-corrected chi connectivity index (χ1v) is 24.4. The molecule has 7 aromatic carbocycles. The molecular formula is C55H49ClZr. The molecule has 7 aromatic rings. The standard InChI is InChI=1S/C33H33.C17H11Cl.C5H5.Zr/c1-32(2,3)30-20-26-24(18-28(30)22-13-9-7-10-14-22)17-25-19-29(23-15-11-8-12-16-23)31(21-27(25)26)33(4,5)6;18-16-10-8-13(9-11-16)12-15-6-3-5-14-4-1-2-7-17(14)15;1-2-4-5-3-1;/h7-16,18,20-21H,17H2,1-6H3;1-11H;1-3H,4H2;. The van der Waals surface area contributed by atoms with Gasteiger partial charge in [-0.25, -0.2) is 0 Å². The number of hydrogen-bond donors (Lipinski definition) is 0. The predicted octanol–water partition coefficient (Wildman–Crippen LogP) is 14.3. The van der Waals surface area contributed by atoms with Crippen molar-refractivity contribution in [3.8, 4) is 33.4 Å². The molecule has 0 aliphatic heterocycles. The third kappa shape index (κ3) is 7.02. The van der Waals surface area contributed by atoms with Crippen LogP contribution in [0.15, 0.2) is 167 Å². The second kappa shape index (κ2) is 14.9. The fraction of sp³-hybridized carbons (Fsp3) is 0.182. The van der Waals surface area contributed by atoms with Gasteiger partial charge in [-0.1, -0.05) is 0 Å². The summed E-state index contributed by atoms with van der Waals surface area (Å²) in [6.45, 7) is 14.3.